The minimum atomic E-state index is -1.82. The minimum Gasteiger partial charge on any atom is -0.446 e. The summed E-state index contributed by atoms with van der Waals surface area (Å²) in [7, 11) is -1.82. The summed E-state index contributed by atoms with van der Waals surface area (Å²) in [5, 5.41) is 0.0978. The van der Waals surface area contributed by atoms with Gasteiger partial charge in [0.15, 0.2) is 0 Å². The van der Waals surface area contributed by atoms with E-state index in [0.29, 0.717) is 0 Å². The molecular weight excluding hydrogens is 218 g/mol. The van der Waals surface area contributed by atoms with Gasteiger partial charge in [0, 0.05) is 0 Å². The van der Waals surface area contributed by atoms with Crippen molar-refractivity contribution in [3.63, 3.8) is 0 Å². The van der Waals surface area contributed by atoms with Gasteiger partial charge in [0.05, 0.1) is 0 Å². The second-order valence-electron chi connectivity index (χ2n) is 4.14. The molecule has 0 rings (SSSR count). The van der Waals surface area contributed by atoms with Gasteiger partial charge in [-0.1, -0.05) is 51.7 Å². The third-order valence-electron chi connectivity index (χ3n) is 2.35. The minimum absolute atomic E-state index is 0. The van der Waals surface area contributed by atoms with Crippen molar-refractivity contribution in [2.45, 2.75) is 38.9 Å². The zero-order chi connectivity index (χ0) is 8.58. The van der Waals surface area contributed by atoms with Gasteiger partial charge < -0.3 is 4.39 Å². The van der Waals surface area contributed by atoms with E-state index in [1.165, 1.54) is 0 Å². The molecule has 0 fully saturated rings. The summed E-state index contributed by atoms with van der Waals surface area (Å²) >= 11 is 2.94. The maximum absolute atomic E-state index is 12.9. The van der Waals surface area contributed by atoms with Crippen molar-refractivity contribution in [2.75, 3.05) is 0 Å². The second kappa shape index (κ2) is 4.46. The maximum atomic E-state index is 12.9. The summed E-state index contributed by atoms with van der Waals surface area (Å²) < 4.78 is 12.8. The summed E-state index contributed by atoms with van der Waals surface area (Å²) in [5.74, 6) is 0. The Balaban J connectivity index is 0. The van der Waals surface area contributed by atoms with Crippen molar-refractivity contribution in [3.8, 4) is 0 Å². The second-order valence-corrected chi connectivity index (χ2v) is 10.8. The van der Waals surface area contributed by atoms with E-state index in [2.05, 4.69) is 36.7 Å². The first kappa shape index (κ1) is 14.7. The first-order valence-electron chi connectivity index (χ1n) is 3.38. The predicted molar refractivity (Wildman–Crippen MR) is 50.5 cm³/mol. The largest absolute Gasteiger partial charge is 1.00 e. The van der Waals surface area contributed by atoms with E-state index < -0.39 is 8.07 Å². The van der Waals surface area contributed by atoms with Crippen LogP contribution in [0.4, 0.5) is 4.39 Å². The van der Waals surface area contributed by atoms with Crippen molar-refractivity contribution in [2.24, 2.45) is 0 Å². The Morgan fingerprint density at radius 2 is 1.55 bits per heavy atom. The van der Waals surface area contributed by atoms with E-state index in [4.69, 9.17) is 0 Å². The molecule has 0 aromatic rings. The zero-order valence-electron chi connectivity index (χ0n) is 8.26. The van der Waals surface area contributed by atoms with Crippen LogP contribution in [0.3, 0.4) is 0 Å². The normalized spacial score (nSPS) is 13.1. The fourth-order valence-electron chi connectivity index (χ4n) is 0.283. The summed E-state index contributed by atoms with van der Waals surface area (Å²) in [4.78, 5) is 0. The van der Waals surface area contributed by atoms with E-state index in [-0.39, 0.29) is 28.6 Å². The van der Waals surface area contributed by atoms with Gasteiger partial charge >= 0.3 is 18.9 Å². The van der Waals surface area contributed by atoms with E-state index in [9.17, 15) is 4.39 Å². The van der Waals surface area contributed by atoms with E-state index >= 15 is 0 Å². The molecule has 0 heterocycles. The summed E-state index contributed by atoms with van der Waals surface area (Å²) in [5.41, 5.74) is 0. The van der Waals surface area contributed by atoms with Crippen molar-refractivity contribution in [3.05, 3.63) is 4.70 Å². The van der Waals surface area contributed by atoms with Crippen LogP contribution in [0, 0.1) is 4.70 Å². The zero-order valence-corrected chi connectivity index (χ0v) is 10.8. The average molecular weight is 233 g/mol. The molecule has 0 aromatic carbocycles. The Bertz CT molecular complexity index is 120. The van der Waals surface area contributed by atoms with Crippen molar-refractivity contribution in [1.29, 1.82) is 0 Å². The van der Waals surface area contributed by atoms with Crippen LogP contribution in [-0.2, 0) is 0 Å². The van der Waals surface area contributed by atoms with Gasteiger partial charge in [-0.2, -0.15) is 0 Å². The van der Waals surface area contributed by atoms with Crippen molar-refractivity contribution in [1.82, 2.24) is 0 Å². The molecule has 11 heavy (non-hydrogen) atoms. The molecule has 0 aromatic heterocycles. The van der Waals surface area contributed by atoms with E-state index in [1.54, 1.807) is 0 Å². The molecule has 0 radical (unpaired) electrons. The van der Waals surface area contributed by atoms with Crippen LogP contribution in [-0.4, -0.2) is 8.07 Å². The van der Waals surface area contributed by atoms with Gasteiger partial charge in [-0.05, 0) is 0 Å². The third-order valence-corrected chi connectivity index (χ3v) is 10.0. The molecule has 62 valence electrons. The van der Waals surface area contributed by atoms with Crippen LogP contribution in [0.5, 0.6) is 0 Å². The maximum Gasteiger partial charge on any atom is 1.00 e. The average Bonchev–Trinajstić information content (AvgIpc) is 1.62. The topological polar surface area (TPSA) is 0 Å². The Kier molecular flexibility index (Phi) is 5.97. The van der Waals surface area contributed by atoms with Crippen LogP contribution in [0.2, 0.25) is 18.1 Å². The van der Waals surface area contributed by atoms with E-state index in [0.717, 1.165) is 0 Å². The standard InChI is InChI=1S/C7H15BrFSi.Li/c1-7(2,3)10(4,5)6(8)9;/h1-5H3;/q-1;+1. The molecule has 0 bridgehead atoms. The Hall–Kier alpha value is 1.22. The van der Waals surface area contributed by atoms with Gasteiger partial charge in [0.1, 0.15) is 0 Å². The third kappa shape index (κ3) is 3.63. The SMILES string of the molecule is CC(C)(C)[Si](C)(C)[C-](F)Br.[Li+]. The Morgan fingerprint density at radius 3 is 1.55 bits per heavy atom. The summed E-state index contributed by atoms with van der Waals surface area (Å²) in [6.07, 6.45) is 0. The van der Waals surface area contributed by atoms with E-state index in [1.807, 2.05) is 13.1 Å². The fraction of sp³-hybridized carbons (Fsp3) is 0.857. The molecule has 0 nitrogen and oxygen atoms in total. The molecule has 0 aliphatic rings. The molecule has 0 amide bonds. The summed E-state index contributed by atoms with van der Waals surface area (Å²) in [6.45, 7) is 10.3. The van der Waals surface area contributed by atoms with Crippen LogP contribution < -0.4 is 18.9 Å². The number of halogens is 2. The van der Waals surface area contributed by atoms with Gasteiger partial charge in [0.25, 0.3) is 0 Å². The predicted octanol–water partition coefficient (Wildman–Crippen LogP) is 0.892. The molecule has 0 spiro atoms. The van der Waals surface area contributed by atoms with Crippen LogP contribution in [0.1, 0.15) is 20.8 Å². The van der Waals surface area contributed by atoms with Crippen LogP contribution in [0.15, 0.2) is 0 Å². The number of hydrogen-bond acceptors (Lipinski definition) is 0. The number of rotatable bonds is 1. The quantitative estimate of drug-likeness (QED) is 0.466. The molecular formula is C7H15BrFLiSi. The smallest absolute Gasteiger partial charge is 0.446 e. The van der Waals surface area contributed by atoms with Gasteiger partial charge in [-0.25, -0.2) is 0 Å². The molecule has 0 aliphatic heterocycles. The van der Waals surface area contributed by atoms with Gasteiger partial charge in [-0.3, -0.25) is 15.9 Å². The molecule has 0 unspecified atom stereocenters. The number of hydrogen-bond donors (Lipinski definition) is 0. The monoisotopic (exact) mass is 232 g/mol. The first-order valence-corrected chi connectivity index (χ1v) is 7.17. The molecule has 0 N–H and O–H groups in total. The first-order chi connectivity index (χ1) is 4.19. The van der Waals surface area contributed by atoms with Crippen LogP contribution >= 0.6 is 15.9 Å². The molecule has 0 saturated carbocycles. The van der Waals surface area contributed by atoms with Crippen molar-refractivity contribution >= 4 is 24.0 Å². The molecule has 0 saturated heterocycles. The van der Waals surface area contributed by atoms with Gasteiger partial charge in [0.2, 0.25) is 0 Å². The molecule has 4 heteroatoms. The fourth-order valence-corrected chi connectivity index (χ4v) is 2.63. The summed E-state index contributed by atoms with van der Waals surface area (Å²) in [6, 6.07) is 0. The van der Waals surface area contributed by atoms with Gasteiger partial charge in [-0.15, -0.1) is 0 Å². The molecule has 0 aliphatic carbocycles. The Labute approximate surface area is 90.6 Å². The Morgan fingerprint density at radius 1 is 1.27 bits per heavy atom. The molecule has 0 atom stereocenters. The van der Waals surface area contributed by atoms with Crippen molar-refractivity contribution < 1.29 is 23.3 Å². The van der Waals surface area contributed by atoms with Crippen LogP contribution in [0.25, 0.3) is 0 Å².